The Balaban J connectivity index is 2.46. The standard InChI is InChI=1S/C11H7N3O2/c15-11(16)8-6-14-9-4-2-1-3-7(9)12-5-10(14)13-8/h1-6H,(H,15,16). The summed E-state index contributed by atoms with van der Waals surface area (Å²) in [5.74, 6) is -1.03. The molecule has 0 bridgehead atoms. The topological polar surface area (TPSA) is 67.5 Å². The number of benzene rings is 1. The van der Waals surface area contributed by atoms with E-state index in [0.717, 1.165) is 11.0 Å². The largest absolute Gasteiger partial charge is 0.476 e. The zero-order valence-corrected chi connectivity index (χ0v) is 8.16. The van der Waals surface area contributed by atoms with Crippen molar-refractivity contribution in [1.82, 2.24) is 14.4 Å². The number of carbonyl (C=O) groups is 1. The minimum absolute atomic E-state index is 0.0261. The molecule has 2 heterocycles. The first kappa shape index (κ1) is 8.84. The number of rotatable bonds is 1. The van der Waals surface area contributed by atoms with Crippen LogP contribution in [-0.2, 0) is 0 Å². The molecule has 16 heavy (non-hydrogen) atoms. The predicted molar refractivity (Wildman–Crippen MR) is 57.5 cm³/mol. The van der Waals surface area contributed by atoms with Gasteiger partial charge in [0.1, 0.15) is 0 Å². The molecule has 3 rings (SSSR count). The Morgan fingerprint density at radius 3 is 2.94 bits per heavy atom. The summed E-state index contributed by atoms with van der Waals surface area (Å²) < 4.78 is 1.73. The Kier molecular flexibility index (Phi) is 1.67. The number of para-hydroxylation sites is 2. The first-order valence-corrected chi connectivity index (χ1v) is 4.72. The van der Waals surface area contributed by atoms with E-state index in [0.29, 0.717) is 5.65 Å². The molecule has 0 spiro atoms. The van der Waals surface area contributed by atoms with Crippen molar-refractivity contribution in [3.8, 4) is 0 Å². The SMILES string of the molecule is O=C(O)c1cn2c(cnc3ccccc32)n1. The summed E-state index contributed by atoms with van der Waals surface area (Å²) in [5.41, 5.74) is 2.22. The second-order valence-electron chi connectivity index (χ2n) is 3.41. The molecule has 0 aliphatic rings. The van der Waals surface area contributed by atoms with Crippen molar-refractivity contribution in [2.24, 2.45) is 0 Å². The number of imidazole rings is 1. The molecule has 0 saturated heterocycles. The lowest BCUT2D eigenvalue weighted by Gasteiger charge is -1.98. The third-order valence-corrected chi connectivity index (χ3v) is 2.41. The van der Waals surface area contributed by atoms with Gasteiger partial charge in [-0.3, -0.25) is 9.38 Å². The maximum Gasteiger partial charge on any atom is 0.356 e. The van der Waals surface area contributed by atoms with Gasteiger partial charge in [0.25, 0.3) is 0 Å². The highest BCUT2D eigenvalue weighted by Gasteiger charge is 2.10. The Hall–Kier alpha value is -2.43. The molecule has 5 nitrogen and oxygen atoms in total. The summed E-state index contributed by atoms with van der Waals surface area (Å²) in [6.45, 7) is 0. The number of hydrogen-bond acceptors (Lipinski definition) is 3. The van der Waals surface area contributed by atoms with Gasteiger partial charge in [-0.1, -0.05) is 12.1 Å². The summed E-state index contributed by atoms with van der Waals surface area (Å²) in [7, 11) is 0. The molecule has 3 aromatic rings. The quantitative estimate of drug-likeness (QED) is 0.666. The van der Waals surface area contributed by atoms with Gasteiger partial charge in [0.15, 0.2) is 11.3 Å². The molecule has 78 valence electrons. The van der Waals surface area contributed by atoms with Gasteiger partial charge < -0.3 is 5.11 Å². The van der Waals surface area contributed by atoms with Gasteiger partial charge in [0.2, 0.25) is 0 Å². The molecule has 0 saturated carbocycles. The molecule has 2 aromatic heterocycles. The van der Waals surface area contributed by atoms with E-state index in [2.05, 4.69) is 9.97 Å². The number of nitrogens with zero attached hydrogens (tertiary/aromatic N) is 3. The summed E-state index contributed by atoms with van der Waals surface area (Å²) in [4.78, 5) is 19.0. The summed E-state index contributed by atoms with van der Waals surface area (Å²) in [6, 6.07) is 7.51. The van der Waals surface area contributed by atoms with Crippen molar-refractivity contribution in [3.63, 3.8) is 0 Å². The number of carboxylic acid groups (broad SMARTS) is 1. The molecule has 5 heteroatoms. The lowest BCUT2D eigenvalue weighted by Crippen LogP contribution is -1.94. The summed E-state index contributed by atoms with van der Waals surface area (Å²) >= 11 is 0. The van der Waals surface area contributed by atoms with Crippen LogP contribution in [0.1, 0.15) is 10.5 Å². The van der Waals surface area contributed by atoms with E-state index >= 15 is 0 Å². The number of aromatic carboxylic acids is 1. The molecule has 0 unspecified atom stereocenters. The number of carboxylic acids is 1. The fraction of sp³-hybridized carbons (Fsp3) is 0. The Morgan fingerprint density at radius 2 is 2.12 bits per heavy atom. The number of fused-ring (bicyclic) bond motifs is 3. The number of hydrogen-bond donors (Lipinski definition) is 1. The molecule has 0 aliphatic heterocycles. The van der Waals surface area contributed by atoms with Crippen molar-refractivity contribution in [1.29, 1.82) is 0 Å². The van der Waals surface area contributed by atoms with Crippen LogP contribution in [0.3, 0.4) is 0 Å². The average molecular weight is 213 g/mol. The Morgan fingerprint density at radius 1 is 1.31 bits per heavy atom. The molecule has 0 aliphatic carbocycles. The molecular formula is C11H7N3O2. The molecule has 0 atom stereocenters. The van der Waals surface area contributed by atoms with Gasteiger partial charge in [0, 0.05) is 6.20 Å². The molecule has 0 amide bonds. The van der Waals surface area contributed by atoms with Crippen molar-refractivity contribution >= 4 is 22.6 Å². The molecular weight excluding hydrogens is 206 g/mol. The fourth-order valence-electron chi connectivity index (χ4n) is 1.69. The van der Waals surface area contributed by atoms with Crippen LogP contribution in [0.5, 0.6) is 0 Å². The van der Waals surface area contributed by atoms with Crippen LogP contribution in [0.25, 0.3) is 16.7 Å². The van der Waals surface area contributed by atoms with E-state index in [4.69, 9.17) is 5.11 Å². The van der Waals surface area contributed by atoms with E-state index in [1.54, 1.807) is 10.6 Å². The fourth-order valence-corrected chi connectivity index (χ4v) is 1.69. The zero-order chi connectivity index (χ0) is 11.1. The van der Waals surface area contributed by atoms with Crippen molar-refractivity contribution in [2.75, 3.05) is 0 Å². The van der Waals surface area contributed by atoms with Gasteiger partial charge in [-0.05, 0) is 12.1 Å². The van der Waals surface area contributed by atoms with Gasteiger partial charge in [-0.25, -0.2) is 9.78 Å². The minimum atomic E-state index is -1.03. The lowest BCUT2D eigenvalue weighted by atomic mass is 10.3. The van der Waals surface area contributed by atoms with Crippen molar-refractivity contribution in [2.45, 2.75) is 0 Å². The second kappa shape index (κ2) is 3.03. The first-order valence-electron chi connectivity index (χ1n) is 4.72. The normalized spacial score (nSPS) is 11.0. The van der Waals surface area contributed by atoms with Crippen LogP contribution in [0, 0.1) is 0 Å². The maximum atomic E-state index is 10.8. The second-order valence-corrected chi connectivity index (χ2v) is 3.41. The van der Waals surface area contributed by atoms with Gasteiger partial charge >= 0.3 is 5.97 Å². The molecule has 0 radical (unpaired) electrons. The van der Waals surface area contributed by atoms with Crippen LogP contribution in [0.15, 0.2) is 36.7 Å². The third kappa shape index (κ3) is 1.15. The van der Waals surface area contributed by atoms with E-state index in [9.17, 15) is 4.79 Å². The smallest absolute Gasteiger partial charge is 0.356 e. The van der Waals surface area contributed by atoms with Gasteiger partial charge in [-0.2, -0.15) is 0 Å². The molecule has 1 aromatic carbocycles. The maximum absolute atomic E-state index is 10.8. The molecule has 0 fully saturated rings. The van der Waals surface area contributed by atoms with E-state index in [1.165, 1.54) is 6.20 Å². The highest BCUT2D eigenvalue weighted by Crippen LogP contribution is 2.14. The summed E-state index contributed by atoms with van der Waals surface area (Å²) in [5, 5.41) is 8.86. The highest BCUT2D eigenvalue weighted by atomic mass is 16.4. The first-order chi connectivity index (χ1) is 7.75. The third-order valence-electron chi connectivity index (χ3n) is 2.41. The summed E-state index contributed by atoms with van der Waals surface area (Å²) in [6.07, 6.45) is 3.07. The van der Waals surface area contributed by atoms with Gasteiger partial charge in [-0.15, -0.1) is 0 Å². The average Bonchev–Trinajstić information content (AvgIpc) is 2.73. The number of aromatic nitrogens is 3. The predicted octanol–water partition coefficient (Wildman–Crippen LogP) is 1.58. The van der Waals surface area contributed by atoms with E-state index < -0.39 is 5.97 Å². The van der Waals surface area contributed by atoms with Crippen LogP contribution < -0.4 is 0 Å². The lowest BCUT2D eigenvalue weighted by molar-refractivity contribution is 0.0691. The van der Waals surface area contributed by atoms with Gasteiger partial charge in [0.05, 0.1) is 17.2 Å². The van der Waals surface area contributed by atoms with Crippen molar-refractivity contribution < 1.29 is 9.90 Å². The van der Waals surface area contributed by atoms with E-state index in [-0.39, 0.29) is 5.69 Å². The Labute approximate surface area is 90.0 Å². The van der Waals surface area contributed by atoms with Crippen LogP contribution in [-0.4, -0.2) is 25.4 Å². The highest BCUT2D eigenvalue weighted by molar-refractivity contribution is 5.87. The zero-order valence-electron chi connectivity index (χ0n) is 8.16. The van der Waals surface area contributed by atoms with Crippen LogP contribution in [0.4, 0.5) is 0 Å². The monoisotopic (exact) mass is 213 g/mol. The van der Waals surface area contributed by atoms with E-state index in [1.807, 2.05) is 24.3 Å². The van der Waals surface area contributed by atoms with Crippen molar-refractivity contribution in [3.05, 3.63) is 42.4 Å². The Bertz CT molecular complexity index is 703. The minimum Gasteiger partial charge on any atom is -0.476 e. The molecule has 1 N–H and O–H groups in total. The van der Waals surface area contributed by atoms with Crippen LogP contribution >= 0.6 is 0 Å². The van der Waals surface area contributed by atoms with Crippen LogP contribution in [0.2, 0.25) is 0 Å².